The lowest BCUT2D eigenvalue weighted by atomic mass is 10.1. The fourth-order valence-corrected chi connectivity index (χ4v) is 1.84. The Labute approximate surface area is 105 Å². The van der Waals surface area contributed by atoms with Gasteiger partial charge in [0, 0.05) is 11.7 Å². The van der Waals surface area contributed by atoms with Crippen molar-refractivity contribution in [2.24, 2.45) is 0 Å². The number of hydrogen-bond donors (Lipinski definition) is 1. The van der Waals surface area contributed by atoms with Crippen LogP contribution < -0.4 is 5.32 Å². The van der Waals surface area contributed by atoms with Gasteiger partial charge in [0.25, 0.3) is 0 Å². The molecular weight excluding hydrogens is 237 g/mol. The monoisotopic (exact) mass is 249 g/mol. The number of halogens is 2. The number of nitrogens with one attached hydrogen (secondary N) is 1. The standard InChI is InChI=1S/C14H13ClFN/c1-10(17-12-5-3-2-4-6-12)11-7-8-14(16)13(15)9-11/h2-10,17H,1H3. The van der Waals surface area contributed by atoms with Crippen LogP contribution in [0.4, 0.5) is 10.1 Å². The van der Waals surface area contributed by atoms with Crippen LogP contribution in [-0.2, 0) is 0 Å². The molecule has 2 aromatic carbocycles. The van der Waals surface area contributed by atoms with Crippen molar-refractivity contribution < 1.29 is 4.39 Å². The minimum atomic E-state index is -0.387. The maximum Gasteiger partial charge on any atom is 0.141 e. The van der Waals surface area contributed by atoms with Crippen LogP contribution in [0, 0.1) is 5.82 Å². The molecule has 0 saturated carbocycles. The van der Waals surface area contributed by atoms with E-state index in [-0.39, 0.29) is 16.9 Å². The Balaban J connectivity index is 2.14. The van der Waals surface area contributed by atoms with E-state index in [1.807, 2.05) is 37.3 Å². The zero-order valence-corrected chi connectivity index (χ0v) is 10.2. The molecule has 1 atom stereocenters. The molecule has 0 aliphatic carbocycles. The van der Waals surface area contributed by atoms with Gasteiger partial charge in [0.05, 0.1) is 5.02 Å². The summed E-state index contributed by atoms with van der Waals surface area (Å²) in [6.07, 6.45) is 0. The highest BCUT2D eigenvalue weighted by atomic mass is 35.5. The second kappa shape index (κ2) is 5.19. The summed E-state index contributed by atoms with van der Waals surface area (Å²) in [5.74, 6) is -0.387. The smallest absolute Gasteiger partial charge is 0.141 e. The average molecular weight is 250 g/mol. The maximum absolute atomic E-state index is 13.0. The van der Waals surface area contributed by atoms with Gasteiger partial charge in [0.1, 0.15) is 5.82 Å². The van der Waals surface area contributed by atoms with Crippen molar-refractivity contribution in [2.45, 2.75) is 13.0 Å². The summed E-state index contributed by atoms with van der Waals surface area (Å²) in [5, 5.41) is 3.48. The number of rotatable bonds is 3. The molecule has 0 aromatic heterocycles. The summed E-state index contributed by atoms with van der Waals surface area (Å²) in [6, 6.07) is 14.7. The molecule has 2 aromatic rings. The van der Waals surface area contributed by atoms with Crippen molar-refractivity contribution >= 4 is 17.3 Å². The van der Waals surface area contributed by atoms with E-state index in [1.54, 1.807) is 12.1 Å². The van der Waals surface area contributed by atoms with Crippen LogP contribution in [0.3, 0.4) is 0 Å². The Kier molecular flexibility index (Phi) is 3.64. The largest absolute Gasteiger partial charge is 0.379 e. The Hall–Kier alpha value is -1.54. The van der Waals surface area contributed by atoms with Gasteiger partial charge >= 0.3 is 0 Å². The molecule has 88 valence electrons. The van der Waals surface area contributed by atoms with Crippen molar-refractivity contribution in [3.63, 3.8) is 0 Å². The zero-order chi connectivity index (χ0) is 12.3. The van der Waals surface area contributed by atoms with Crippen LogP contribution in [0.2, 0.25) is 5.02 Å². The van der Waals surface area contributed by atoms with E-state index in [1.165, 1.54) is 6.07 Å². The maximum atomic E-state index is 13.0. The minimum absolute atomic E-state index is 0.0792. The van der Waals surface area contributed by atoms with Crippen LogP contribution in [0.25, 0.3) is 0 Å². The third kappa shape index (κ3) is 2.98. The summed E-state index contributed by atoms with van der Waals surface area (Å²) >= 11 is 5.76. The summed E-state index contributed by atoms with van der Waals surface area (Å²) in [7, 11) is 0. The van der Waals surface area contributed by atoms with Crippen LogP contribution in [-0.4, -0.2) is 0 Å². The van der Waals surface area contributed by atoms with Crippen molar-refractivity contribution in [2.75, 3.05) is 5.32 Å². The lowest BCUT2D eigenvalue weighted by Gasteiger charge is -2.16. The predicted octanol–water partition coefficient (Wildman–Crippen LogP) is 4.65. The van der Waals surface area contributed by atoms with E-state index in [0.717, 1.165) is 11.3 Å². The van der Waals surface area contributed by atoms with E-state index >= 15 is 0 Å². The van der Waals surface area contributed by atoms with Crippen molar-refractivity contribution in [3.8, 4) is 0 Å². The van der Waals surface area contributed by atoms with Gasteiger partial charge in [-0.15, -0.1) is 0 Å². The van der Waals surface area contributed by atoms with Crippen LogP contribution in [0.1, 0.15) is 18.5 Å². The Morgan fingerprint density at radius 3 is 2.47 bits per heavy atom. The fraction of sp³-hybridized carbons (Fsp3) is 0.143. The zero-order valence-electron chi connectivity index (χ0n) is 9.45. The van der Waals surface area contributed by atoms with E-state index in [2.05, 4.69) is 5.32 Å². The molecule has 1 N–H and O–H groups in total. The summed E-state index contributed by atoms with van der Waals surface area (Å²) in [6.45, 7) is 2.01. The van der Waals surface area contributed by atoms with Gasteiger partial charge in [-0.05, 0) is 36.8 Å². The van der Waals surface area contributed by atoms with E-state index in [9.17, 15) is 4.39 Å². The molecule has 0 bridgehead atoms. The number of para-hydroxylation sites is 1. The van der Waals surface area contributed by atoms with Crippen LogP contribution in [0.15, 0.2) is 48.5 Å². The van der Waals surface area contributed by atoms with E-state index < -0.39 is 0 Å². The lowest BCUT2D eigenvalue weighted by Crippen LogP contribution is -2.06. The Morgan fingerprint density at radius 2 is 1.82 bits per heavy atom. The van der Waals surface area contributed by atoms with Gasteiger partial charge < -0.3 is 5.32 Å². The highest BCUT2D eigenvalue weighted by molar-refractivity contribution is 6.30. The van der Waals surface area contributed by atoms with Gasteiger partial charge in [0.2, 0.25) is 0 Å². The number of benzene rings is 2. The minimum Gasteiger partial charge on any atom is -0.379 e. The summed E-state index contributed by atoms with van der Waals surface area (Å²) in [4.78, 5) is 0. The molecule has 0 amide bonds. The fourth-order valence-electron chi connectivity index (χ4n) is 1.65. The Morgan fingerprint density at radius 1 is 1.12 bits per heavy atom. The molecule has 2 rings (SSSR count). The highest BCUT2D eigenvalue weighted by Gasteiger charge is 2.07. The third-order valence-corrected chi connectivity index (χ3v) is 2.89. The van der Waals surface area contributed by atoms with Crippen LogP contribution >= 0.6 is 11.6 Å². The second-order valence-electron chi connectivity index (χ2n) is 3.91. The molecule has 0 fully saturated rings. The third-order valence-electron chi connectivity index (χ3n) is 2.60. The SMILES string of the molecule is CC(Nc1ccccc1)c1ccc(F)c(Cl)c1. The number of anilines is 1. The molecule has 0 heterocycles. The van der Waals surface area contributed by atoms with Gasteiger partial charge in [-0.25, -0.2) is 4.39 Å². The molecule has 1 nitrogen and oxygen atoms in total. The molecular formula is C14H13ClFN. The van der Waals surface area contributed by atoms with Gasteiger partial charge in [-0.3, -0.25) is 0 Å². The number of hydrogen-bond acceptors (Lipinski definition) is 1. The average Bonchev–Trinajstić information content (AvgIpc) is 2.34. The van der Waals surface area contributed by atoms with Gasteiger partial charge in [-0.2, -0.15) is 0 Å². The molecule has 0 saturated heterocycles. The van der Waals surface area contributed by atoms with E-state index in [4.69, 9.17) is 11.6 Å². The Bertz CT molecular complexity index is 499. The predicted molar refractivity (Wildman–Crippen MR) is 69.9 cm³/mol. The first-order chi connectivity index (χ1) is 8.16. The van der Waals surface area contributed by atoms with Crippen molar-refractivity contribution in [1.29, 1.82) is 0 Å². The first-order valence-electron chi connectivity index (χ1n) is 5.43. The first-order valence-corrected chi connectivity index (χ1v) is 5.81. The normalized spacial score (nSPS) is 12.2. The molecule has 0 aliphatic rings. The van der Waals surface area contributed by atoms with Gasteiger partial charge in [0.15, 0.2) is 0 Å². The molecule has 3 heteroatoms. The first kappa shape index (κ1) is 11.9. The van der Waals surface area contributed by atoms with E-state index in [0.29, 0.717) is 0 Å². The van der Waals surface area contributed by atoms with Crippen molar-refractivity contribution in [1.82, 2.24) is 0 Å². The highest BCUT2D eigenvalue weighted by Crippen LogP contribution is 2.23. The lowest BCUT2D eigenvalue weighted by molar-refractivity contribution is 0.627. The molecule has 17 heavy (non-hydrogen) atoms. The molecule has 0 radical (unpaired) electrons. The van der Waals surface area contributed by atoms with Crippen molar-refractivity contribution in [3.05, 3.63) is 64.9 Å². The summed E-state index contributed by atoms with van der Waals surface area (Å²) in [5.41, 5.74) is 1.99. The van der Waals surface area contributed by atoms with Crippen LogP contribution in [0.5, 0.6) is 0 Å². The molecule has 1 unspecified atom stereocenters. The molecule has 0 spiro atoms. The molecule has 0 aliphatic heterocycles. The second-order valence-corrected chi connectivity index (χ2v) is 4.31. The van der Waals surface area contributed by atoms with Gasteiger partial charge in [-0.1, -0.05) is 35.9 Å². The topological polar surface area (TPSA) is 12.0 Å². The summed E-state index contributed by atoms with van der Waals surface area (Å²) < 4.78 is 13.0. The quantitative estimate of drug-likeness (QED) is 0.835.